The zero-order valence-electron chi connectivity index (χ0n) is 16.6. The number of benzene rings is 1. The Kier molecular flexibility index (Phi) is 12.4. The molecule has 0 aliphatic carbocycles. The molecule has 0 atom stereocenters. The van der Waals surface area contributed by atoms with Gasteiger partial charge in [-0.1, -0.05) is 63.6 Å². The first-order valence-electron chi connectivity index (χ1n) is 9.92. The molecule has 28 heavy (non-hydrogen) atoms. The molecule has 1 heterocycles. The zero-order valence-corrected chi connectivity index (χ0v) is 16.6. The van der Waals surface area contributed by atoms with Crippen LogP contribution < -0.4 is 5.48 Å². The molecular formula is C21H32N2O5. The summed E-state index contributed by atoms with van der Waals surface area (Å²) in [5.41, 5.74) is 5.65. The van der Waals surface area contributed by atoms with Gasteiger partial charge in [0.2, 0.25) is 0 Å². The van der Waals surface area contributed by atoms with Gasteiger partial charge >= 0.3 is 11.9 Å². The number of hydrogen-bond acceptors (Lipinski definition) is 4. The number of carbonyl (C=O) groups is 2. The number of nitrogens with one attached hydrogen (secondary N) is 2. The summed E-state index contributed by atoms with van der Waals surface area (Å²) in [7, 11) is 0. The van der Waals surface area contributed by atoms with Gasteiger partial charge in [-0.3, -0.25) is 0 Å². The molecule has 0 amide bonds. The SMILES string of the molecule is CCCCCCCCCONCCc1c[nH]c2ccccc12.O=C(O)C(=O)O. The lowest BCUT2D eigenvalue weighted by Crippen LogP contribution is -2.18. The number of carboxylic acid groups (broad SMARTS) is 2. The normalized spacial score (nSPS) is 10.5. The Morgan fingerprint density at radius 3 is 2.32 bits per heavy atom. The predicted octanol–water partition coefficient (Wildman–Crippen LogP) is 4.14. The van der Waals surface area contributed by atoms with Crippen LogP contribution in [0.25, 0.3) is 10.9 Å². The maximum absolute atomic E-state index is 9.10. The predicted molar refractivity (Wildman–Crippen MR) is 109 cm³/mol. The topological polar surface area (TPSA) is 112 Å². The van der Waals surface area contributed by atoms with Crippen LogP contribution >= 0.6 is 0 Å². The Balaban J connectivity index is 0.000000568. The van der Waals surface area contributed by atoms with Crippen LogP contribution in [0.15, 0.2) is 30.5 Å². The van der Waals surface area contributed by atoms with E-state index in [1.165, 1.54) is 55.0 Å². The average Bonchev–Trinajstić information content (AvgIpc) is 3.10. The van der Waals surface area contributed by atoms with E-state index in [1.807, 2.05) is 0 Å². The molecule has 0 saturated heterocycles. The number of H-pyrrole nitrogens is 1. The molecule has 0 unspecified atom stereocenters. The highest BCUT2D eigenvalue weighted by Gasteiger charge is 2.04. The van der Waals surface area contributed by atoms with Crippen molar-refractivity contribution in [1.82, 2.24) is 10.5 Å². The molecule has 0 radical (unpaired) electrons. The van der Waals surface area contributed by atoms with Crippen molar-refractivity contribution in [3.05, 3.63) is 36.0 Å². The standard InChI is InChI=1S/C19H30N2O.C2H2O4/c1-2-3-4-5-6-7-10-15-22-21-14-13-17-16-20-19-12-9-8-11-18(17)19;3-1(4)2(5)6/h8-9,11-12,16,20-21H,2-7,10,13-15H2,1H3;(H,3,4)(H,5,6). The summed E-state index contributed by atoms with van der Waals surface area (Å²) < 4.78 is 0. The molecule has 2 aromatic rings. The van der Waals surface area contributed by atoms with E-state index in [2.05, 4.69) is 47.9 Å². The fourth-order valence-electron chi connectivity index (χ4n) is 2.80. The number of aliphatic carboxylic acids is 2. The monoisotopic (exact) mass is 392 g/mol. The van der Waals surface area contributed by atoms with Crippen molar-refractivity contribution >= 4 is 22.8 Å². The lowest BCUT2D eigenvalue weighted by Gasteiger charge is -2.05. The van der Waals surface area contributed by atoms with Gasteiger partial charge in [0.25, 0.3) is 0 Å². The Morgan fingerprint density at radius 1 is 1.00 bits per heavy atom. The Hall–Kier alpha value is -2.38. The van der Waals surface area contributed by atoms with Crippen molar-refractivity contribution in [2.45, 2.75) is 58.3 Å². The Morgan fingerprint density at radius 2 is 1.64 bits per heavy atom. The summed E-state index contributed by atoms with van der Waals surface area (Å²) in [6.45, 7) is 3.94. The molecule has 0 spiro atoms. The minimum atomic E-state index is -1.82. The highest BCUT2D eigenvalue weighted by Crippen LogP contribution is 2.17. The Labute approximate surface area is 166 Å². The number of hydroxylamine groups is 1. The summed E-state index contributed by atoms with van der Waals surface area (Å²) >= 11 is 0. The third-order valence-corrected chi connectivity index (χ3v) is 4.31. The van der Waals surface area contributed by atoms with E-state index >= 15 is 0 Å². The van der Waals surface area contributed by atoms with E-state index in [-0.39, 0.29) is 0 Å². The lowest BCUT2D eigenvalue weighted by atomic mass is 10.1. The molecule has 0 bridgehead atoms. The molecule has 7 heteroatoms. The van der Waals surface area contributed by atoms with Gasteiger partial charge in [-0.05, 0) is 24.5 Å². The zero-order chi connectivity index (χ0) is 20.6. The van der Waals surface area contributed by atoms with Gasteiger partial charge in [0.1, 0.15) is 0 Å². The molecule has 1 aromatic heterocycles. The maximum Gasteiger partial charge on any atom is 0.414 e. The van der Waals surface area contributed by atoms with Crippen molar-refractivity contribution < 1.29 is 24.6 Å². The average molecular weight is 392 g/mol. The minimum Gasteiger partial charge on any atom is -0.473 e. The first-order valence-corrected chi connectivity index (χ1v) is 9.92. The molecule has 4 N–H and O–H groups in total. The molecule has 0 aliphatic rings. The second-order valence-electron chi connectivity index (χ2n) is 6.58. The van der Waals surface area contributed by atoms with E-state index in [0.29, 0.717) is 0 Å². The molecule has 156 valence electrons. The van der Waals surface area contributed by atoms with Gasteiger partial charge in [-0.15, -0.1) is 0 Å². The summed E-state index contributed by atoms with van der Waals surface area (Å²) in [6.07, 6.45) is 12.3. The highest BCUT2D eigenvalue weighted by molar-refractivity contribution is 6.27. The molecule has 2 rings (SSSR count). The molecule has 1 aromatic carbocycles. The van der Waals surface area contributed by atoms with Crippen LogP contribution in [0.1, 0.15) is 57.4 Å². The summed E-state index contributed by atoms with van der Waals surface area (Å²) in [5.74, 6) is -3.65. The largest absolute Gasteiger partial charge is 0.473 e. The van der Waals surface area contributed by atoms with Crippen LogP contribution in [0, 0.1) is 0 Å². The molecular weight excluding hydrogens is 360 g/mol. The summed E-state index contributed by atoms with van der Waals surface area (Å²) in [5, 5.41) is 16.1. The van der Waals surface area contributed by atoms with Gasteiger partial charge < -0.3 is 20.0 Å². The quantitative estimate of drug-likeness (QED) is 0.245. The smallest absolute Gasteiger partial charge is 0.414 e. The van der Waals surface area contributed by atoms with Crippen LogP contribution in [0.4, 0.5) is 0 Å². The van der Waals surface area contributed by atoms with E-state index in [1.54, 1.807) is 0 Å². The number of para-hydroxylation sites is 1. The van der Waals surface area contributed by atoms with Crippen molar-refractivity contribution in [1.29, 1.82) is 0 Å². The van der Waals surface area contributed by atoms with Gasteiger partial charge in [0.05, 0.1) is 6.61 Å². The summed E-state index contributed by atoms with van der Waals surface area (Å²) in [4.78, 5) is 27.0. The third kappa shape index (κ3) is 10.1. The first kappa shape index (κ1) is 23.7. The van der Waals surface area contributed by atoms with Gasteiger partial charge in [0.15, 0.2) is 0 Å². The number of rotatable bonds is 12. The number of carboxylic acids is 2. The second kappa shape index (κ2) is 14.6. The van der Waals surface area contributed by atoms with E-state index in [4.69, 9.17) is 24.6 Å². The van der Waals surface area contributed by atoms with Crippen molar-refractivity contribution in [3.63, 3.8) is 0 Å². The summed E-state index contributed by atoms with van der Waals surface area (Å²) in [6, 6.07) is 8.43. The van der Waals surface area contributed by atoms with Crippen LogP contribution in [0.3, 0.4) is 0 Å². The molecule has 0 aliphatic heterocycles. The highest BCUT2D eigenvalue weighted by atomic mass is 16.6. The van der Waals surface area contributed by atoms with Crippen molar-refractivity contribution in [2.75, 3.05) is 13.2 Å². The molecule has 0 fully saturated rings. The number of aromatic nitrogens is 1. The third-order valence-electron chi connectivity index (χ3n) is 4.31. The minimum absolute atomic E-state index is 0.821. The van der Waals surface area contributed by atoms with Crippen LogP contribution in [0.2, 0.25) is 0 Å². The van der Waals surface area contributed by atoms with Crippen LogP contribution in [-0.4, -0.2) is 40.3 Å². The fourth-order valence-corrected chi connectivity index (χ4v) is 2.80. The van der Waals surface area contributed by atoms with E-state index in [0.717, 1.165) is 26.0 Å². The van der Waals surface area contributed by atoms with E-state index in [9.17, 15) is 0 Å². The van der Waals surface area contributed by atoms with Crippen LogP contribution in [0.5, 0.6) is 0 Å². The lowest BCUT2D eigenvalue weighted by molar-refractivity contribution is -0.159. The number of fused-ring (bicyclic) bond motifs is 1. The Bertz CT molecular complexity index is 687. The second-order valence-corrected chi connectivity index (χ2v) is 6.58. The number of unbranched alkanes of at least 4 members (excludes halogenated alkanes) is 6. The molecule has 7 nitrogen and oxygen atoms in total. The number of aromatic amines is 1. The van der Waals surface area contributed by atoms with Crippen molar-refractivity contribution in [3.8, 4) is 0 Å². The van der Waals surface area contributed by atoms with Crippen LogP contribution in [-0.2, 0) is 20.8 Å². The van der Waals surface area contributed by atoms with Gasteiger partial charge in [0, 0.05) is 23.6 Å². The first-order chi connectivity index (χ1) is 13.6. The molecule has 0 saturated carbocycles. The number of hydrogen-bond donors (Lipinski definition) is 4. The van der Waals surface area contributed by atoms with E-state index < -0.39 is 11.9 Å². The van der Waals surface area contributed by atoms with Crippen molar-refractivity contribution in [2.24, 2.45) is 0 Å². The maximum atomic E-state index is 9.10. The van der Waals surface area contributed by atoms with Gasteiger partial charge in [-0.2, -0.15) is 0 Å². The fraction of sp³-hybridized carbons (Fsp3) is 0.524. The van der Waals surface area contributed by atoms with Gasteiger partial charge in [-0.25, -0.2) is 15.1 Å².